The van der Waals surface area contributed by atoms with Crippen molar-refractivity contribution in [3.63, 3.8) is 0 Å². The molecule has 2 aromatic heterocycles. The third-order valence-electron chi connectivity index (χ3n) is 9.57. The summed E-state index contributed by atoms with van der Waals surface area (Å²) in [4.78, 5) is 2.37. The molecule has 5 aromatic carbocycles. The summed E-state index contributed by atoms with van der Waals surface area (Å²) in [6.07, 6.45) is 22.8. The highest BCUT2D eigenvalue weighted by molar-refractivity contribution is 6.26. The molecule has 0 N–H and O–H groups in total. The minimum absolute atomic E-state index is 0.802. The monoisotopic (exact) mass is 651 g/mol. The molecule has 2 aliphatic rings. The fourth-order valence-electron chi connectivity index (χ4n) is 7.61. The van der Waals surface area contributed by atoms with Crippen LogP contribution in [0.2, 0.25) is 0 Å². The van der Waals surface area contributed by atoms with E-state index in [1.807, 2.05) is 40.7 Å². The molecular formula is C47H45N3. The topological polar surface area (TPSA) is 13.1 Å². The largest absolute Gasteiger partial charge is 0.337 e. The van der Waals surface area contributed by atoms with Gasteiger partial charge in [-0.15, -0.1) is 0 Å². The first-order valence-electron chi connectivity index (χ1n) is 18.1. The van der Waals surface area contributed by atoms with Crippen molar-refractivity contribution in [3.05, 3.63) is 157 Å². The van der Waals surface area contributed by atoms with E-state index in [2.05, 4.69) is 160 Å². The highest BCUT2D eigenvalue weighted by atomic mass is 15.1. The molecule has 0 fully saturated rings. The Labute approximate surface area is 296 Å². The fraction of sp³-hybridized carbons (Fsp3) is 0.149. The minimum atomic E-state index is 0.802. The molecule has 0 amide bonds. The molecule has 1 aliphatic carbocycles. The maximum atomic E-state index is 4.16. The first kappa shape index (κ1) is 32.7. The van der Waals surface area contributed by atoms with E-state index < -0.39 is 0 Å². The Hall–Kier alpha value is -5.80. The van der Waals surface area contributed by atoms with Crippen molar-refractivity contribution >= 4 is 67.4 Å². The van der Waals surface area contributed by atoms with E-state index in [4.69, 9.17) is 0 Å². The molecule has 0 spiro atoms. The van der Waals surface area contributed by atoms with Crippen molar-refractivity contribution in [3.8, 4) is 11.4 Å². The number of rotatable bonds is 5. The molecule has 7 aromatic rings. The first-order chi connectivity index (χ1) is 24.8. The zero-order valence-corrected chi connectivity index (χ0v) is 29.8. The van der Waals surface area contributed by atoms with Gasteiger partial charge in [-0.2, -0.15) is 0 Å². The van der Waals surface area contributed by atoms with E-state index in [-0.39, 0.29) is 0 Å². The van der Waals surface area contributed by atoms with Crippen molar-refractivity contribution in [2.24, 2.45) is 0 Å². The quantitative estimate of drug-likeness (QED) is 0.133. The van der Waals surface area contributed by atoms with Gasteiger partial charge in [0.2, 0.25) is 0 Å². The maximum absolute atomic E-state index is 4.16. The Morgan fingerprint density at radius 1 is 0.680 bits per heavy atom. The minimum Gasteiger partial charge on any atom is -0.337 e. The lowest BCUT2D eigenvalue weighted by Gasteiger charge is -2.30. The van der Waals surface area contributed by atoms with Crippen molar-refractivity contribution in [2.45, 2.75) is 41.0 Å². The van der Waals surface area contributed by atoms with Crippen LogP contribution in [-0.2, 0) is 0 Å². The van der Waals surface area contributed by atoms with Crippen molar-refractivity contribution in [1.29, 1.82) is 0 Å². The van der Waals surface area contributed by atoms with Gasteiger partial charge in [-0.25, -0.2) is 0 Å². The zero-order chi connectivity index (χ0) is 34.8. The zero-order valence-electron chi connectivity index (χ0n) is 29.8. The van der Waals surface area contributed by atoms with Crippen molar-refractivity contribution in [1.82, 2.24) is 9.13 Å². The normalized spacial score (nSPS) is 13.8. The van der Waals surface area contributed by atoms with Crippen molar-refractivity contribution in [2.75, 3.05) is 11.4 Å². The number of aromatic nitrogens is 2. The average Bonchev–Trinajstić information content (AvgIpc) is 3.58. The summed E-state index contributed by atoms with van der Waals surface area (Å²) in [6.45, 7) is 15.0. The van der Waals surface area contributed by atoms with Gasteiger partial charge in [0, 0.05) is 50.9 Å². The van der Waals surface area contributed by atoms with Gasteiger partial charge in [0.05, 0.1) is 27.9 Å². The van der Waals surface area contributed by atoms with Crippen molar-refractivity contribution < 1.29 is 0 Å². The van der Waals surface area contributed by atoms with E-state index in [1.165, 1.54) is 66.0 Å². The Kier molecular flexibility index (Phi) is 9.15. The SMILES string of the molecule is C=C/C(=C\C=C/C)N1CC=Cc2c1cc1ccc3cccc4c3c1c2n4-c1ccc(-n2c3c(c4ccccc42)C=CCC=C3)cc1.CC.CC. The number of para-hydroxylation sites is 1. The van der Waals surface area contributed by atoms with Gasteiger partial charge < -0.3 is 14.0 Å². The maximum Gasteiger partial charge on any atom is 0.0640 e. The molecule has 0 unspecified atom stereocenters. The summed E-state index contributed by atoms with van der Waals surface area (Å²) >= 11 is 0. The van der Waals surface area contributed by atoms with Crippen LogP contribution in [0.25, 0.3) is 73.1 Å². The van der Waals surface area contributed by atoms with Crippen LogP contribution in [0.4, 0.5) is 5.69 Å². The summed E-state index contributed by atoms with van der Waals surface area (Å²) in [5, 5.41) is 6.44. The lowest BCUT2D eigenvalue weighted by atomic mass is 9.96. The third kappa shape index (κ3) is 5.13. The number of allylic oxidation sites excluding steroid dienone is 6. The van der Waals surface area contributed by atoms with Crippen LogP contribution in [0.15, 0.2) is 140 Å². The van der Waals surface area contributed by atoms with E-state index >= 15 is 0 Å². The van der Waals surface area contributed by atoms with Crippen LogP contribution >= 0.6 is 0 Å². The summed E-state index contributed by atoms with van der Waals surface area (Å²) in [6, 6.07) is 31.4. The van der Waals surface area contributed by atoms with Crippen LogP contribution in [0.3, 0.4) is 0 Å². The standard InChI is InChI=1S/C43H33N3.2C2H6/c1-3-5-14-31(4-2)44-27-12-17-36-40(44)28-30-22-21-29-13-11-20-39-41(29)42(30)43(36)46(39)33-25-23-32(24-26-33)45-37-18-8-6-7-15-34(37)35-16-9-10-19-38(35)45;2*1-2/h3-5,7-26,28H,2,6,27H2,1H3;2*1-2H3/b5-3-,31-14+;;. The fourth-order valence-corrected chi connectivity index (χ4v) is 7.61. The second-order valence-corrected chi connectivity index (χ2v) is 12.1. The molecule has 3 nitrogen and oxygen atoms in total. The summed E-state index contributed by atoms with van der Waals surface area (Å²) in [7, 11) is 0. The van der Waals surface area contributed by atoms with Gasteiger partial charge in [0.1, 0.15) is 0 Å². The average molecular weight is 652 g/mol. The first-order valence-corrected chi connectivity index (χ1v) is 18.1. The Balaban J connectivity index is 0.000000948. The van der Waals surface area contributed by atoms with Gasteiger partial charge in [-0.3, -0.25) is 0 Å². The van der Waals surface area contributed by atoms with E-state index in [0.29, 0.717) is 0 Å². The van der Waals surface area contributed by atoms with Crippen LogP contribution < -0.4 is 4.90 Å². The Morgan fingerprint density at radius 3 is 2.16 bits per heavy atom. The Morgan fingerprint density at radius 2 is 1.38 bits per heavy atom. The number of hydrogen-bond donors (Lipinski definition) is 0. The number of benzene rings is 5. The molecule has 248 valence electrons. The van der Waals surface area contributed by atoms with E-state index in [1.54, 1.807) is 0 Å². The molecule has 0 radical (unpaired) electrons. The lowest BCUT2D eigenvalue weighted by Crippen LogP contribution is -2.24. The highest BCUT2D eigenvalue weighted by Gasteiger charge is 2.25. The highest BCUT2D eigenvalue weighted by Crippen LogP contribution is 2.46. The van der Waals surface area contributed by atoms with Crippen LogP contribution in [0, 0.1) is 0 Å². The van der Waals surface area contributed by atoms with Crippen LogP contribution in [0.5, 0.6) is 0 Å². The number of fused-ring (bicyclic) bond motifs is 5. The summed E-state index contributed by atoms with van der Waals surface area (Å²) in [5.74, 6) is 0. The molecule has 0 saturated heterocycles. The predicted octanol–water partition coefficient (Wildman–Crippen LogP) is 13.3. The van der Waals surface area contributed by atoms with E-state index in [0.717, 1.165) is 30.0 Å². The lowest BCUT2D eigenvalue weighted by molar-refractivity contribution is 1.03. The molecule has 50 heavy (non-hydrogen) atoms. The second kappa shape index (κ2) is 14.0. The van der Waals surface area contributed by atoms with Gasteiger partial charge in [0.15, 0.2) is 0 Å². The van der Waals surface area contributed by atoms with Crippen LogP contribution in [-0.4, -0.2) is 15.7 Å². The van der Waals surface area contributed by atoms with Gasteiger partial charge in [-0.05, 0) is 84.8 Å². The van der Waals surface area contributed by atoms with Crippen LogP contribution in [0.1, 0.15) is 57.9 Å². The molecule has 3 heteroatoms. The van der Waals surface area contributed by atoms with E-state index in [9.17, 15) is 0 Å². The van der Waals surface area contributed by atoms with Gasteiger partial charge >= 0.3 is 0 Å². The molecule has 9 rings (SSSR count). The Bertz CT molecular complexity index is 2490. The van der Waals surface area contributed by atoms with Gasteiger partial charge in [-0.1, -0.05) is 119 Å². The third-order valence-corrected chi connectivity index (χ3v) is 9.57. The summed E-state index contributed by atoms with van der Waals surface area (Å²) in [5.41, 5.74) is 12.1. The number of nitrogens with zero attached hydrogens (tertiary/aromatic N) is 3. The number of hydrogen-bond acceptors (Lipinski definition) is 1. The number of anilines is 1. The molecule has 1 aliphatic heterocycles. The smallest absolute Gasteiger partial charge is 0.0640 e. The molecule has 0 saturated carbocycles. The summed E-state index contributed by atoms with van der Waals surface area (Å²) < 4.78 is 4.87. The molecule has 0 atom stereocenters. The van der Waals surface area contributed by atoms with Gasteiger partial charge in [0.25, 0.3) is 0 Å². The molecular weight excluding hydrogens is 607 g/mol. The molecule has 3 heterocycles. The molecule has 0 bridgehead atoms. The second-order valence-electron chi connectivity index (χ2n) is 12.1. The predicted molar refractivity (Wildman–Crippen MR) is 221 cm³/mol.